The largest absolute Gasteiger partial charge is 0.462 e. The average molecular weight is 403 g/mol. The molecule has 0 aliphatic carbocycles. The van der Waals surface area contributed by atoms with Crippen LogP contribution < -0.4 is 5.32 Å². The number of nitrogens with one attached hydrogen (secondary N) is 1. The van der Waals surface area contributed by atoms with E-state index >= 15 is 0 Å². The monoisotopic (exact) mass is 401 g/mol. The Morgan fingerprint density at radius 1 is 1.35 bits per heavy atom. The fourth-order valence-corrected chi connectivity index (χ4v) is 2.34. The number of para-hydroxylation sites is 1. The third kappa shape index (κ3) is 3.64. The van der Waals surface area contributed by atoms with Crippen molar-refractivity contribution in [3.63, 3.8) is 0 Å². The molecule has 0 aliphatic rings. The number of anilines is 1. The molecule has 0 radical (unpaired) electrons. The average Bonchev–Trinajstić information content (AvgIpc) is 2.76. The lowest BCUT2D eigenvalue weighted by molar-refractivity contribution is 0.0527. The Labute approximate surface area is 133 Å². The summed E-state index contributed by atoms with van der Waals surface area (Å²) < 4.78 is 12.0. The van der Waals surface area contributed by atoms with E-state index in [1.54, 1.807) is 19.1 Å². The van der Waals surface area contributed by atoms with Crippen molar-refractivity contribution < 1.29 is 13.9 Å². The maximum atomic E-state index is 11.8. The molecule has 0 saturated carbocycles. The first kappa shape index (κ1) is 15.1. The minimum atomic E-state index is -0.336. The molecule has 1 aromatic heterocycles. The molecule has 0 aliphatic heterocycles. The van der Waals surface area contributed by atoms with Gasteiger partial charge in [0.25, 0.3) is 0 Å². The second-order valence-electron chi connectivity index (χ2n) is 3.95. The smallest absolute Gasteiger partial charge is 0.340 e. The summed E-state index contributed by atoms with van der Waals surface area (Å²) in [6.45, 7) is 2.61. The van der Waals surface area contributed by atoms with Gasteiger partial charge in [0, 0.05) is 5.69 Å². The Balaban J connectivity index is 2.11. The first-order valence-corrected chi connectivity index (χ1v) is 7.64. The Hall–Kier alpha value is -1.27. The van der Waals surface area contributed by atoms with Gasteiger partial charge in [-0.3, -0.25) is 0 Å². The number of esters is 1. The summed E-state index contributed by atoms with van der Waals surface area (Å²) in [4.78, 5) is 11.8. The van der Waals surface area contributed by atoms with Crippen LogP contribution in [0.3, 0.4) is 0 Å². The van der Waals surface area contributed by atoms with Gasteiger partial charge in [-0.2, -0.15) is 0 Å². The Morgan fingerprint density at radius 3 is 2.75 bits per heavy atom. The van der Waals surface area contributed by atoms with Crippen molar-refractivity contribution >= 4 is 43.5 Å². The van der Waals surface area contributed by atoms with Gasteiger partial charge in [-0.1, -0.05) is 12.1 Å². The SMILES string of the molecule is CCOC(=O)c1ccccc1NCc1cc(Br)c(Br)o1. The number of hydrogen-bond acceptors (Lipinski definition) is 4. The van der Waals surface area contributed by atoms with E-state index in [-0.39, 0.29) is 5.97 Å². The van der Waals surface area contributed by atoms with Crippen LogP contribution in [0.2, 0.25) is 0 Å². The van der Waals surface area contributed by atoms with Crippen LogP contribution in [0.4, 0.5) is 5.69 Å². The molecule has 0 fully saturated rings. The number of furan rings is 1. The molecule has 2 rings (SSSR count). The van der Waals surface area contributed by atoms with Gasteiger partial charge < -0.3 is 14.5 Å². The second kappa shape index (κ2) is 6.95. The molecule has 1 heterocycles. The molecular formula is C14H13Br2NO3. The zero-order valence-electron chi connectivity index (χ0n) is 10.8. The van der Waals surface area contributed by atoms with E-state index in [4.69, 9.17) is 9.15 Å². The van der Waals surface area contributed by atoms with Crippen LogP contribution in [-0.2, 0) is 11.3 Å². The standard InChI is InChI=1S/C14H13Br2NO3/c1-2-19-14(18)10-5-3-4-6-12(10)17-8-9-7-11(15)13(16)20-9/h3-7,17H,2,8H2,1H3. The molecule has 0 atom stereocenters. The lowest BCUT2D eigenvalue weighted by Gasteiger charge is -2.10. The first-order valence-electron chi connectivity index (χ1n) is 6.05. The van der Waals surface area contributed by atoms with E-state index in [0.717, 1.165) is 15.9 Å². The van der Waals surface area contributed by atoms with Gasteiger partial charge in [-0.15, -0.1) is 0 Å². The van der Waals surface area contributed by atoms with Crippen molar-refractivity contribution in [1.82, 2.24) is 0 Å². The van der Waals surface area contributed by atoms with E-state index < -0.39 is 0 Å². The first-order chi connectivity index (χ1) is 9.61. The van der Waals surface area contributed by atoms with E-state index in [0.29, 0.717) is 23.4 Å². The molecule has 4 nitrogen and oxygen atoms in total. The second-order valence-corrected chi connectivity index (χ2v) is 5.53. The van der Waals surface area contributed by atoms with Crippen molar-refractivity contribution in [2.45, 2.75) is 13.5 Å². The van der Waals surface area contributed by atoms with Crippen LogP contribution in [0, 0.1) is 0 Å². The van der Waals surface area contributed by atoms with Crippen LogP contribution in [0.15, 0.2) is 43.9 Å². The zero-order chi connectivity index (χ0) is 14.5. The summed E-state index contributed by atoms with van der Waals surface area (Å²) in [6, 6.07) is 9.09. The van der Waals surface area contributed by atoms with E-state index in [9.17, 15) is 4.79 Å². The van der Waals surface area contributed by atoms with Gasteiger partial charge in [0.15, 0.2) is 4.67 Å². The molecule has 1 N–H and O–H groups in total. The van der Waals surface area contributed by atoms with Crippen LogP contribution in [0.5, 0.6) is 0 Å². The normalized spacial score (nSPS) is 10.3. The summed E-state index contributed by atoms with van der Waals surface area (Å²) >= 11 is 6.64. The van der Waals surface area contributed by atoms with Gasteiger partial charge in [0.05, 0.1) is 23.2 Å². The molecule has 0 spiro atoms. The third-order valence-corrected chi connectivity index (χ3v) is 4.28. The van der Waals surface area contributed by atoms with Gasteiger partial charge in [0.1, 0.15) is 5.76 Å². The highest BCUT2D eigenvalue weighted by atomic mass is 79.9. The number of hydrogen-bond donors (Lipinski definition) is 1. The summed E-state index contributed by atoms with van der Waals surface area (Å²) in [6.07, 6.45) is 0. The number of halogens is 2. The van der Waals surface area contributed by atoms with Crippen LogP contribution >= 0.6 is 31.9 Å². The molecular weight excluding hydrogens is 390 g/mol. The van der Waals surface area contributed by atoms with Crippen molar-refractivity contribution in [1.29, 1.82) is 0 Å². The van der Waals surface area contributed by atoms with E-state index in [1.165, 1.54) is 0 Å². The Kier molecular flexibility index (Phi) is 5.25. The van der Waals surface area contributed by atoms with Crippen molar-refractivity contribution in [3.05, 3.63) is 50.8 Å². The van der Waals surface area contributed by atoms with Gasteiger partial charge >= 0.3 is 5.97 Å². The molecule has 0 amide bonds. The molecule has 0 bridgehead atoms. The lowest BCUT2D eigenvalue weighted by Crippen LogP contribution is -2.09. The summed E-state index contributed by atoms with van der Waals surface area (Å²) in [5.41, 5.74) is 1.23. The van der Waals surface area contributed by atoms with E-state index in [2.05, 4.69) is 37.2 Å². The predicted molar refractivity (Wildman–Crippen MR) is 83.8 cm³/mol. The molecule has 0 saturated heterocycles. The van der Waals surface area contributed by atoms with Crippen molar-refractivity contribution in [2.24, 2.45) is 0 Å². The van der Waals surface area contributed by atoms with Gasteiger partial charge in [-0.05, 0) is 57.0 Å². The van der Waals surface area contributed by atoms with Crippen molar-refractivity contribution in [2.75, 3.05) is 11.9 Å². The maximum absolute atomic E-state index is 11.8. The van der Waals surface area contributed by atoms with Crippen LogP contribution in [0.25, 0.3) is 0 Å². The summed E-state index contributed by atoms with van der Waals surface area (Å²) in [7, 11) is 0. The molecule has 0 unspecified atom stereocenters. The molecule has 2 aromatic rings. The van der Waals surface area contributed by atoms with Gasteiger partial charge in [-0.25, -0.2) is 4.79 Å². The van der Waals surface area contributed by atoms with Crippen LogP contribution in [0.1, 0.15) is 23.0 Å². The van der Waals surface area contributed by atoms with Crippen LogP contribution in [-0.4, -0.2) is 12.6 Å². The molecule has 1 aromatic carbocycles. The summed E-state index contributed by atoms with van der Waals surface area (Å²) in [5.74, 6) is 0.416. The highest BCUT2D eigenvalue weighted by Gasteiger charge is 2.12. The third-order valence-electron chi connectivity index (χ3n) is 2.57. The lowest BCUT2D eigenvalue weighted by atomic mass is 10.2. The fourth-order valence-electron chi connectivity index (χ4n) is 1.68. The number of rotatable bonds is 5. The highest BCUT2D eigenvalue weighted by molar-refractivity contribution is 9.13. The number of benzene rings is 1. The maximum Gasteiger partial charge on any atom is 0.340 e. The number of carbonyl (C=O) groups excluding carboxylic acids is 1. The highest BCUT2D eigenvalue weighted by Crippen LogP contribution is 2.27. The minimum Gasteiger partial charge on any atom is -0.462 e. The molecule has 20 heavy (non-hydrogen) atoms. The van der Waals surface area contributed by atoms with Gasteiger partial charge in [0.2, 0.25) is 0 Å². The number of carbonyl (C=O) groups is 1. The molecule has 6 heteroatoms. The summed E-state index contributed by atoms with van der Waals surface area (Å²) in [5, 5.41) is 3.17. The Morgan fingerprint density at radius 2 is 2.10 bits per heavy atom. The minimum absolute atomic E-state index is 0.336. The Bertz CT molecular complexity index is 591. The topological polar surface area (TPSA) is 51.5 Å². The molecule has 106 valence electrons. The van der Waals surface area contributed by atoms with E-state index in [1.807, 2.05) is 18.2 Å². The van der Waals surface area contributed by atoms with Crippen molar-refractivity contribution in [3.8, 4) is 0 Å². The quantitative estimate of drug-likeness (QED) is 0.743. The number of ether oxygens (including phenoxy) is 1. The zero-order valence-corrected chi connectivity index (χ0v) is 14.0. The fraction of sp³-hybridized carbons (Fsp3) is 0.214. The predicted octanol–water partition coefficient (Wildman–Crippen LogP) is 4.59.